The maximum atomic E-state index is 5.31. The lowest BCUT2D eigenvalue weighted by molar-refractivity contribution is 0.406. The minimum atomic E-state index is 1.08. The van der Waals surface area contributed by atoms with Crippen molar-refractivity contribution in [3.05, 3.63) is 29.3 Å². The van der Waals surface area contributed by atoms with Crippen molar-refractivity contribution < 1.29 is 4.74 Å². The highest BCUT2D eigenvalue weighted by molar-refractivity contribution is 5.41. The number of hydrogen-bond acceptors (Lipinski definition) is 1. The molecule has 0 fully saturated rings. The fraction of sp³-hybridized carbons (Fsp3) is 0.538. The second-order valence-electron chi connectivity index (χ2n) is 3.31. The number of hydrogen-bond donors (Lipinski definition) is 0. The van der Waals surface area contributed by atoms with Crippen LogP contribution in [0.1, 0.15) is 37.8 Å². The molecular weight excluding hydrogens is 172 g/mol. The molecule has 1 aliphatic rings. The molecule has 0 atom stereocenters. The van der Waals surface area contributed by atoms with Gasteiger partial charge in [0, 0.05) is 0 Å². The fourth-order valence-corrected chi connectivity index (χ4v) is 1.94. The number of methoxy groups -OCH3 is 1. The molecule has 0 spiro atoms. The van der Waals surface area contributed by atoms with Crippen molar-refractivity contribution >= 4 is 0 Å². The molecule has 0 unspecified atom stereocenters. The predicted molar refractivity (Wildman–Crippen MR) is 61.0 cm³/mol. The zero-order valence-corrected chi connectivity index (χ0v) is 9.47. The van der Waals surface area contributed by atoms with Crippen LogP contribution in [0.4, 0.5) is 0 Å². The molecule has 0 radical (unpaired) electrons. The number of benzene rings is 1. The first-order valence-corrected chi connectivity index (χ1v) is 5.56. The first-order chi connectivity index (χ1) is 6.92. The van der Waals surface area contributed by atoms with E-state index in [0.29, 0.717) is 0 Å². The molecule has 78 valence electrons. The molecule has 1 heteroatoms. The normalized spacial score (nSPS) is 13.6. The lowest BCUT2D eigenvalue weighted by Crippen LogP contribution is -2.04. The van der Waals surface area contributed by atoms with Gasteiger partial charge in [-0.3, -0.25) is 0 Å². The summed E-state index contributed by atoms with van der Waals surface area (Å²) < 4.78 is 5.31. The maximum Gasteiger partial charge on any atom is 0.122 e. The summed E-state index contributed by atoms with van der Waals surface area (Å²) in [5, 5.41) is 0. The number of aryl methyl sites for hydroxylation is 1. The third kappa shape index (κ3) is 2.28. The minimum absolute atomic E-state index is 1.08. The number of fused-ring (bicyclic) bond motifs is 1. The molecule has 14 heavy (non-hydrogen) atoms. The summed E-state index contributed by atoms with van der Waals surface area (Å²) in [5.41, 5.74) is 2.92. The highest BCUT2D eigenvalue weighted by Crippen LogP contribution is 2.28. The maximum absolute atomic E-state index is 5.31. The Labute approximate surface area is 87.1 Å². The Morgan fingerprint density at radius 1 is 1.07 bits per heavy atom. The van der Waals surface area contributed by atoms with Crippen molar-refractivity contribution in [2.45, 2.75) is 39.5 Å². The van der Waals surface area contributed by atoms with Gasteiger partial charge in [0.1, 0.15) is 5.75 Å². The Kier molecular flexibility index (Phi) is 4.51. The quantitative estimate of drug-likeness (QED) is 0.660. The average Bonchev–Trinajstić information content (AvgIpc) is 2.31. The van der Waals surface area contributed by atoms with E-state index in [1.807, 2.05) is 13.8 Å². The molecule has 0 bridgehead atoms. The van der Waals surface area contributed by atoms with Gasteiger partial charge in [-0.05, 0) is 42.9 Å². The number of rotatable bonds is 1. The number of ether oxygens (including phenoxy) is 1. The van der Waals surface area contributed by atoms with Crippen LogP contribution in [-0.2, 0) is 12.8 Å². The molecule has 0 saturated carbocycles. The third-order valence-corrected chi connectivity index (χ3v) is 2.57. The van der Waals surface area contributed by atoms with Crippen LogP contribution in [0.5, 0.6) is 5.75 Å². The molecule has 0 N–H and O–H groups in total. The van der Waals surface area contributed by atoms with E-state index in [2.05, 4.69) is 18.2 Å². The summed E-state index contributed by atoms with van der Waals surface area (Å²) in [6.07, 6.45) is 5.07. The predicted octanol–water partition coefficient (Wildman–Crippen LogP) is 3.60. The van der Waals surface area contributed by atoms with Crippen molar-refractivity contribution in [2.75, 3.05) is 7.11 Å². The lowest BCUT2D eigenvalue weighted by atomic mass is 9.91. The second kappa shape index (κ2) is 5.69. The smallest absolute Gasteiger partial charge is 0.122 e. The van der Waals surface area contributed by atoms with E-state index in [1.165, 1.54) is 36.8 Å². The summed E-state index contributed by atoms with van der Waals surface area (Å²) >= 11 is 0. The topological polar surface area (TPSA) is 9.23 Å². The molecule has 0 amide bonds. The molecule has 0 heterocycles. The highest BCUT2D eigenvalue weighted by atomic mass is 16.5. The Bertz CT molecular complexity index is 264. The van der Waals surface area contributed by atoms with Crippen molar-refractivity contribution in [3.8, 4) is 5.75 Å². The van der Waals surface area contributed by atoms with E-state index in [-0.39, 0.29) is 0 Å². The molecule has 1 aromatic carbocycles. The fourth-order valence-electron chi connectivity index (χ4n) is 1.94. The zero-order chi connectivity index (χ0) is 10.4. The van der Waals surface area contributed by atoms with Crippen molar-refractivity contribution in [1.82, 2.24) is 0 Å². The van der Waals surface area contributed by atoms with Gasteiger partial charge < -0.3 is 4.74 Å². The van der Waals surface area contributed by atoms with Crippen LogP contribution < -0.4 is 4.74 Å². The van der Waals surface area contributed by atoms with Gasteiger partial charge in [0.25, 0.3) is 0 Å². The molecule has 0 aromatic heterocycles. The monoisotopic (exact) mass is 192 g/mol. The second-order valence-corrected chi connectivity index (χ2v) is 3.31. The van der Waals surface area contributed by atoms with Gasteiger partial charge >= 0.3 is 0 Å². The minimum Gasteiger partial charge on any atom is -0.496 e. The van der Waals surface area contributed by atoms with E-state index < -0.39 is 0 Å². The van der Waals surface area contributed by atoms with Gasteiger partial charge in [-0.25, -0.2) is 0 Å². The summed E-state index contributed by atoms with van der Waals surface area (Å²) in [5.74, 6) is 1.08. The largest absolute Gasteiger partial charge is 0.496 e. The van der Waals surface area contributed by atoms with Crippen LogP contribution in [0.25, 0.3) is 0 Å². The van der Waals surface area contributed by atoms with E-state index in [1.54, 1.807) is 7.11 Å². The molecule has 0 saturated heterocycles. The lowest BCUT2D eigenvalue weighted by Gasteiger charge is -2.17. The van der Waals surface area contributed by atoms with Gasteiger partial charge in [-0.2, -0.15) is 0 Å². The third-order valence-electron chi connectivity index (χ3n) is 2.57. The van der Waals surface area contributed by atoms with Crippen LogP contribution in [0.2, 0.25) is 0 Å². The van der Waals surface area contributed by atoms with Gasteiger partial charge in [0.15, 0.2) is 0 Å². The highest BCUT2D eigenvalue weighted by Gasteiger charge is 2.12. The summed E-state index contributed by atoms with van der Waals surface area (Å²) in [4.78, 5) is 0. The van der Waals surface area contributed by atoms with Crippen molar-refractivity contribution in [1.29, 1.82) is 0 Å². The van der Waals surface area contributed by atoms with Crippen molar-refractivity contribution in [2.24, 2.45) is 0 Å². The molecular formula is C13H20O. The van der Waals surface area contributed by atoms with Gasteiger partial charge in [-0.15, -0.1) is 0 Å². The van der Waals surface area contributed by atoms with Crippen LogP contribution in [-0.4, -0.2) is 7.11 Å². The van der Waals surface area contributed by atoms with Crippen LogP contribution in [0, 0.1) is 0 Å². The average molecular weight is 192 g/mol. The summed E-state index contributed by atoms with van der Waals surface area (Å²) in [6.45, 7) is 4.00. The molecule has 1 nitrogen and oxygen atoms in total. The van der Waals surface area contributed by atoms with Crippen LogP contribution in [0.15, 0.2) is 18.2 Å². The molecule has 2 rings (SSSR count). The van der Waals surface area contributed by atoms with Crippen LogP contribution >= 0.6 is 0 Å². The Morgan fingerprint density at radius 2 is 1.79 bits per heavy atom. The van der Waals surface area contributed by atoms with E-state index in [4.69, 9.17) is 4.74 Å². The van der Waals surface area contributed by atoms with Gasteiger partial charge in [0.05, 0.1) is 7.11 Å². The standard InChI is InChI=1S/C11H14O.C2H6/c1-12-11-8-4-6-9-5-2-3-7-10(9)11;1-2/h4,6,8H,2-3,5,7H2,1H3;1-2H3. The SMILES string of the molecule is CC.COc1cccc2c1CCCC2. The van der Waals surface area contributed by atoms with Gasteiger partial charge in [0.2, 0.25) is 0 Å². The molecule has 1 aromatic rings. The first-order valence-electron chi connectivity index (χ1n) is 5.56. The van der Waals surface area contributed by atoms with E-state index in [0.717, 1.165) is 5.75 Å². The first kappa shape index (κ1) is 11.1. The van der Waals surface area contributed by atoms with E-state index >= 15 is 0 Å². The van der Waals surface area contributed by atoms with Crippen molar-refractivity contribution in [3.63, 3.8) is 0 Å². The summed E-state index contributed by atoms with van der Waals surface area (Å²) in [7, 11) is 1.75. The molecule has 1 aliphatic carbocycles. The van der Waals surface area contributed by atoms with Crippen LogP contribution in [0.3, 0.4) is 0 Å². The Morgan fingerprint density at radius 3 is 2.50 bits per heavy atom. The Balaban J connectivity index is 0.000000461. The summed E-state index contributed by atoms with van der Waals surface area (Å²) in [6, 6.07) is 6.37. The van der Waals surface area contributed by atoms with E-state index in [9.17, 15) is 0 Å². The Hall–Kier alpha value is -0.980. The zero-order valence-electron chi connectivity index (χ0n) is 9.47. The molecule has 0 aliphatic heterocycles. The van der Waals surface area contributed by atoms with Gasteiger partial charge in [-0.1, -0.05) is 26.0 Å².